The molecule has 14 heavy (non-hydrogen) atoms. The van der Waals surface area contributed by atoms with E-state index in [4.69, 9.17) is 5.84 Å². The maximum absolute atomic E-state index is 5.41. The second-order valence-electron chi connectivity index (χ2n) is 3.40. The Kier molecular flexibility index (Phi) is 5.01. The molecule has 1 aromatic carbocycles. The SMILES string of the molecule is CCC(CSc1cccc(C)c1)NN. The van der Waals surface area contributed by atoms with Gasteiger partial charge < -0.3 is 0 Å². The minimum Gasteiger partial charge on any atom is -0.271 e. The molecule has 1 unspecified atom stereocenters. The van der Waals surface area contributed by atoms with Crippen molar-refractivity contribution in [1.82, 2.24) is 5.43 Å². The zero-order valence-electron chi connectivity index (χ0n) is 8.79. The molecule has 0 fully saturated rings. The van der Waals surface area contributed by atoms with Crippen LogP contribution in [0.5, 0.6) is 0 Å². The van der Waals surface area contributed by atoms with Crippen molar-refractivity contribution in [3.05, 3.63) is 29.8 Å². The molecule has 0 radical (unpaired) electrons. The van der Waals surface area contributed by atoms with Crippen molar-refractivity contribution in [2.24, 2.45) is 5.84 Å². The number of rotatable bonds is 5. The predicted molar refractivity (Wildman–Crippen MR) is 63.3 cm³/mol. The first-order valence-corrected chi connectivity index (χ1v) is 5.90. The van der Waals surface area contributed by atoms with Crippen molar-refractivity contribution in [3.8, 4) is 0 Å². The fourth-order valence-corrected chi connectivity index (χ4v) is 2.36. The van der Waals surface area contributed by atoms with Gasteiger partial charge in [0.05, 0.1) is 0 Å². The van der Waals surface area contributed by atoms with Gasteiger partial charge in [0.25, 0.3) is 0 Å². The normalized spacial score (nSPS) is 12.8. The largest absolute Gasteiger partial charge is 0.271 e. The molecule has 0 aliphatic carbocycles. The maximum atomic E-state index is 5.41. The first-order chi connectivity index (χ1) is 6.76. The molecule has 0 spiro atoms. The summed E-state index contributed by atoms with van der Waals surface area (Å²) in [5.41, 5.74) is 4.12. The molecule has 0 heterocycles. The van der Waals surface area contributed by atoms with Gasteiger partial charge in [0.15, 0.2) is 0 Å². The number of aryl methyl sites for hydroxylation is 1. The van der Waals surface area contributed by atoms with Gasteiger partial charge in [-0.3, -0.25) is 11.3 Å². The molecule has 0 saturated heterocycles. The van der Waals surface area contributed by atoms with Crippen molar-refractivity contribution >= 4 is 11.8 Å². The van der Waals surface area contributed by atoms with Crippen LogP contribution in [-0.2, 0) is 0 Å². The third kappa shape index (κ3) is 3.70. The smallest absolute Gasteiger partial charge is 0.0302 e. The molecule has 0 aliphatic heterocycles. The average Bonchev–Trinajstić information content (AvgIpc) is 2.19. The first kappa shape index (κ1) is 11.6. The summed E-state index contributed by atoms with van der Waals surface area (Å²) in [6.07, 6.45) is 1.06. The lowest BCUT2D eigenvalue weighted by Crippen LogP contribution is -2.36. The number of nitrogens with one attached hydrogen (secondary N) is 1. The van der Waals surface area contributed by atoms with Crippen molar-refractivity contribution in [2.75, 3.05) is 5.75 Å². The molecule has 0 bridgehead atoms. The van der Waals surface area contributed by atoms with Crippen molar-refractivity contribution in [2.45, 2.75) is 31.2 Å². The fraction of sp³-hybridized carbons (Fsp3) is 0.455. The quantitative estimate of drug-likeness (QED) is 0.445. The monoisotopic (exact) mass is 210 g/mol. The van der Waals surface area contributed by atoms with Crippen LogP contribution in [0.3, 0.4) is 0 Å². The zero-order chi connectivity index (χ0) is 10.4. The Balaban J connectivity index is 2.44. The van der Waals surface area contributed by atoms with Gasteiger partial charge in [0.1, 0.15) is 0 Å². The summed E-state index contributed by atoms with van der Waals surface area (Å²) < 4.78 is 0. The number of hydrazine groups is 1. The summed E-state index contributed by atoms with van der Waals surface area (Å²) in [4.78, 5) is 1.32. The molecule has 2 nitrogen and oxygen atoms in total. The summed E-state index contributed by atoms with van der Waals surface area (Å²) in [5.74, 6) is 6.44. The molecule has 1 rings (SSSR count). The lowest BCUT2D eigenvalue weighted by atomic mass is 10.2. The van der Waals surface area contributed by atoms with Crippen LogP contribution in [0.15, 0.2) is 29.2 Å². The highest BCUT2D eigenvalue weighted by atomic mass is 32.2. The second-order valence-corrected chi connectivity index (χ2v) is 4.49. The summed E-state index contributed by atoms with van der Waals surface area (Å²) in [6.45, 7) is 4.25. The molecule has 0 aromatic heterocycles. The number of benzene rings is 1. The van der Waals surface area contributed by atoms with Gasteiger partial charge >= 0.3 is 0 Å². The van der Waals surface area contributed by atoms with E-state index in [-0.39, 0.29) is 0 Å². The van der Waals surface area contributed by atoms with Gasteiger partial charge in [-0.15, -0.1) is 11.8 Å². The van der Waals surface area contributed by atoms with Crippen LogP contribution in [0.25, 0.3) is 0 Å². The predicted octanol–water partition coefficient (Wildman–Crippen LogP) is 2.33. The molecular formula is C11H18N2S. The molecule has 1 atom stereocenters. The summed E-state index contributed by atoms with van der Waals surface area (Å²) >= 11 is 1.85. The van der Waals surface area contributed by atoms with Gasteiger partial charge in [0.2, 0.25) is 0 Å². The van der Waals surface area contributed by atoms with E-state index in [1.807, 2.05) is 11.8 Å². The summed E-state index contributed by atoms with van der Waals surface area (Å²) in [6, 6.07) is 8.95. The summed E-state index contributed by atoms with van der Waals surface area (Å²) in [5, 5.41) is 0. The highest BCUT2D eigenvalue weighted by molar-refractivity contribution is 7.99. The van der Waals surface area contributed by atoms with Gasteiger partial charge in [-0.1, -0.05) is 24.6 Å². The standard InChI is InChI=1S/C11H18N2S/c1-3-10(13-12)8-14-11-6-4-5-9(2)7-11/h4-7,10,13H,3,8,12H2,1-2H3. The molecule has 0 saturated carbocycles. The van der Waals surface area contributed by atoms with E-state index >= 15 is 0 Å². The van der Waals surface area contributed by atoms with Crippen molar-refractivity contribution in [1.29, 1.82) is 0 Å². The third-order valence-corrected chi connectivity index (χ3v) is 3.33. The zero-order valence-corrected chi connectivity index (χ0v) is 9.60. The Morgan fingerprint density at radius 3 is 2.86 bits per heavy atom. The Labute approximate surface area is 90.2 Å². The maximum Gasteiger partial charge on any atom is 0.0302 e. The third-order valence-electron chi connectivity index (χ3n) is 2.17. The van der Waals surface area contributed by atoms with Crippen molar-refractivity contribution < 1.29 is 0 Å². The van der Waals surface area contributed by atoms with E-state index in [1.165, 1.54) is 10.5 Å². The van der Waals surface area contributed by atoms with Crippen LogP contribution in [0.4, 0.5) is 0 Å². The fourth-order valence-electron chi connectivity index (χ4n) is 1.19. The lowest BCUT2D eigenvalue weighted by molar-refractivity contribution is 0.562. The van der Waals surface area contributed by atoms with Gasteiger partial charge in [-0.25, -0.2) is 0 Å². The highest BCUT2D eigenvalue weighted by Crippen LogP contribution is 2.20. The van der Waals surface area contributed by atoms with Crippen LogP contribution in [-0.4, -0.2) is 11.8 Å². The van der Waals surface area contributed by atoms with Gasteiger partial charge in [-0.2, -0.15) is 0 Å². The van der Waals surface area contributed by atoms with E-state index in [9.17, 15) is 0 Å². The summed E-state index contributed by atoms with van der Waals surface area (Å²) in [7, 11) is 0. The number of hydrogen-bond donors (Lipinski definition) is 2. The number of thioether (sulfide) groups is 1. The van der Waals surface area contributed by atoms with E-state index < -0.39 is 0 Å². The minimum absolute atomic E-state index is 0.403. The van der Waals surface area contributed by atoms with Crippen LogP contribution in [0.2, 0.25) is 0 Å². The second kappa shape index (κ2) is 6.06. The van der Waals surface area contributed by atoms with E-state index in [0.29, 0.717) is 6.04 Å². The highest BCUT2D eigenvalue weighted by Gasteiger charge is 2.03. The van der Waals surface area contributed by atoms with E-state index in [1.54, 1.807) is 0 Å². The van der Waals surface area contributed by atoms with Crippen LogP contribution in [0.1, 0.15) is 18.9 Å². The Morgan fingerprint density at radius 1 is 1.50 bits per heavy atom. The van der Waals surface area contributed by atoms with Crippen LogP contribution < -0.4 is 11.3 Å². The number of nitrogens with two attached hydrogens (primary N) is 1. The average molecular weight is 210 g/mol. The van der Waals surface area contributed by atoms with Gasteiger partial charge in [0, 0.05) is 16.7 Å². The molecule has 3 heteroatoms. The molecule has 3 N–H and O–H groups in total. The molecule has 0 aliphatic rings. The molecule has 78 valence electrons. The molecular weight excluding hydrogens is 192 g/mol. The van der Waals surface area contributed by atoms with Crippen molar-refractivity contribution in [3.63, 3.8) is 0 Å². The first-order valence-electron chi connectivity index (χ1n) is 4.92. The Bertz CT molecular complexity index is 272. The number of hydrogen-bond acceptors (Lipinski definition) is 3. The van der Waals surface area contributed by atoms with Crippen LogP contribution >= 0.6 is 11.8 Å². The lowest BCUT2D eigenvalue weighted by Gasteiger charge is -2.12. The Hall–Kier alpha value is -0.510. The van der Waals surface area contributed by atoms with E-state index in [2.05, 4.69) is 43.5 Å². The van der Waals surface area contributed by atoms with Crippen LogP contribution in [0, 0.1) is 6.92 Å². The topological polar surface area (TPSA) is 38.0 Å². The Morgan fingerprint density at radius 2 is 2.29 bits per heavy atom. The molecule has 1 aromatic rings. The minimum atomic E-state index is 0.403. The molecule has 0 amide bonds. The van der Waals surface area contributed by atoms with E-state index in [0.717, 1.165) is 12.2 Å². The van der Waals surface area contributed by atoms with Gasteiger partial charge in [-0.05, 0) is 25.5 Å².